The summed E-state index contributed by atoms with van der Waals surface area (Å²) >= 11 is 0. The Kier molecular flexibility index (Phi) is 12.0. The molecule has 7 nitrogen and oxygen atoms in total. The molecule has 7 heteroatoms. The molecule has 3 heterocycles. The van der Waals surface area contributed by atoms with Gasteiger partial charge < -0.3 is 14.4 Å². The van der Waals surface area contributed by atoms with Gasteiger partial charge in [-0.25, -0.2) is 4.98 Å². The molecule has 0 N–H and O–H groups in total. The maximum atomic E-state index is 5.50. The van der Waals surface area contributed by atoms with E-state index in [1.54, 1.807) is 0 Å². The fraction of sp³-hybridized carbons (Fsp3) is 0. The van der Waals surface area contributed by atoms with E-state index >= 15 is 0 Å². The Balaban J connectivity index is 0.904. The predicted molar refractivity (Wildman–Crippen MR) is 340 cm³/mol. The average molecular weight is 1050 g/mol. The summed E-state index contributed by atoms with van der Waals surface area (Å²) in [5.74, 6) is 1.65. The Morgan fingerprint density at radius 3 is 1.07 bits per heavy atom. The van der Waals surface area contributed by atoms with Gasteiger partial charge in [-0.15, -0.1) is 0 Å². The minimum Gasteiger partial charge on any atom is -0.310 e. The van der Waals surface area contributed by atoms with Crippen molar-refractivity contribution in [1.82, 2.24) is 24.1 Å². The van der Waals surface area contributed by atoms with Crippen molar-refractivity contribution in [2.75, 3.05) is 9.80 Å². The molecule has 0 unspecified atom stereocenters. The molecular weight excluding hydrogens is 999 g/mol. The van der Waals surface area contributed by atoms with E-state index in [0.717, 1.165) is 111 Å². The zero-order valence-electron chi connectivity index (χ0n) is 44.6. The molecule has 386 valence electrons. The van der Waals surface area contributed by atoms with Gasteiger partial charge in [0.2, 0.25) is 5.95 Å². The van der Waals surface area contributed by atoms with Gasteiger partial charge in [0.1, 0.15) is 0 Å². The minimum absolute atomic E-state index is 0.523. The summed E-state index contributed by atoms with van der Waals surface area (Å²) in [6.07, 6.45) is 0. The SMILES string of the molecule is c1ccc(-c2cccc(-c3cccc(-c4nc(-c5cccc(-n6c7ccccc7c7cc(N(c8ccccc8)c8ccccc8)ccc76)c5)nc(-n5c6ccccc6c6cc(N(c7ccccc7)c7ccccc7)ccc65)n4)c3)c2)cc1. The van der Waals surface area contributed by atoms with Crippen LogP contribution in [-0.4, -0.2) is 24.1 Å². The van der Waals surface area contributed by atoms with Crippen LogP contribution < -0.4 is 9.80 Å². The first-order valence-electron chi connectivity index (χ1n) is 27.7. The Labute approximate surface area is 475 Å². The second-order valence-electron chi connectivity index (χ2n) is 20.5. The summed E-state index contributed by atoms with van der Waals surface area (Å²) in [4.78, 5) is 21.0. The third kappa shape index (κ3) is 8.70. The van der Waals surface area contributed by atoms with Crippen LogP contribution in [-0.2, 0) is 0 Å². The van der Waals surface area contributed by atoms with Crippen LogP contribution >= 0.6 is 0 Å². The van der Waals surface area contributed by atoms with E-state index in [-0.39, 0.29) is 0 Å². The minimum atomic E-state index is 0.523. The monoisotopic (exact) mass is 1050 g/mol. The number of fused-ring (bicyclic) bond motifs is 6. The topological polar surface area (TPSA) is 55.0 Å². The first kappa shape index (κ1) is 48.0. The first-order chi connectivity index (χ1) is 40.7. The second kappa shape index (κ2) is 20.6. The molecule has 0 spiro atoms. The average Bonchev–Trinajstić information content (AvgIpc) is 4.13. The van der Waals surface area contributed by atoms with Gasteiger partial charge in [-0.3, -0.25) is 4.57 Å². The Hall–Kier alpha value is -11.2. The van der Waals surface area contributed by atoms with Crippen molar-refractivity contribution in [3.8, 4) is 56.7 Å². The van der Waals surface area contributed by atoms with Gasteiger partial charge in [0.25, 0.3) is 0 Å². The lowest BCUT2D eigenvalue weighted by molar-refractivity contribution is 0.953. The molecule has 0 fully saturated rings. The normalized spacial score (nSPS) is 11.4. The number of nitrogens with zero attached hydrogens (tertiary/aromatic N) is 7. The number of hydrogen-bond acceptors (Lipinski definition) is 5. The molecule has 82 heavy (non-hydrogen) atoms. The molecule has 0 saturated carbocycles. The van der Waals surface area contributed by atoms with E-state index in [4.69, 9.17) is 15.0 Å². The lowest BCUT2D eigenvalue weighted by atomic mass is 9.98. The second-order valence-corrected chi connectivity index (χ2v) is 20.5. The van der Waals surface area contributed by atoms with Crippen LogP contribution in [0.15, 0.2) is 309 Å². The van der Waals surface area contributed by atoms with Crippen LogP contribution in [0.5, 0.6) is 0 Å². The molecule has 0 aliphatic carbocycles. The van der Waals surface area contributed by atoms with Gasteiger partial charge in [0, 0.05) is 72.5 Å². The van der Waals surface area contributed by atoms with E-state index < -0.39 is 0 Å². The van der Waals surface area contributed by atoms with Gasteiger partial charge >= 0.3 is 0 Å². The van der Waals surface area contributed by atoms with Gasteiger partial charge in [-0.05, 0) is 144 Å². The summed E-state index contributed by atoms with van der Waals surface area (Å²) in [5.41, 5.74) is 17.9. The van der Waals surface area contributed by atoms with Crippen molar-refractivity contribution < 1.29 is 0 Å². The smallest absolute Gasteiger partial charge is 0.238 e. The van der Waals surface area contributed by atoms with E-state index in [0.29, 0.717) is 17.6 Å². The third-order valence-corrected chi connectivity index (χ3v) is 15.5. The molecule has 12 aromatic carbocycles. The van der Waals surface area contributed by atoms with Crippen LogP contribution in [0.25, 0.3) is 100 Å². The van der Waals surface area contributed by atoms with Crippen LogP contribution in [0.4, 0.5) is 34.1 Å². The molecule has 0 atom stereocenters. The molecule has 0 saturated heterocycles. The maximum Gasteiger partial charge on any atom is 0.238 e. The predicted octanol–water partition coefficient (Wildman–Crippen LogP) is 19.7. The van der Waals surface area contributed by atoms with E-state index in [2.05, 4.69) is 328 Å². The summed E-state index contributed by atoms with van der Waals surface area (Å²) in [6, 6.07) is 109. The number of benzene rings is 12. The molecule has 15 aromatic rings. The van der Waals surface area contributed by atoms with Crippen molar-refractivity contribution in [3.63, 3.8) is 0 Å². The lowest BCUT2D eigenvalue weighted by Crippen LogP contribution is -2.09. The number of aromatic nitrogens is 5. The van der Waals surface area contributed by atoms with E-state index in [1.807, 2.05) is 0 Å². The van der Waals surface area contributed by atoms with Crippen molar-refractivity contribution in [2.45, 2.75) is 0 Å². The van der Waals surface area contributed by atoms with Crippen LogP contribution in [0, 0.1) is 0 Å². The molecule has 0 radical (unpaired) electrons. The zero-order valence-corrected chi connectivity index (χ0v) is 44.6. The fourth-order valence-electron chi connectivity index (χ4n) is 11.8. The Morgan fingerprint density at radius 2 is 0.573 bits per heavy atom. The number of hydrogen-bond donors (Lipinski definition) is 0. The molecule has 0 amide bonds. The third-order valence-electron chi connectivity index (χ3n) is 15.5. The molecule has 0 aliphatic heterocycles. The summed E-state index contributed by atoms with van der Waals surface area (Å²) in [6.45, 7) is 0. The highest BCUT2D eigenvalue weighted by Gasteiger charge is 2.22. The van der Waals surface area contributed by atoms with Crippen LogP contribution in [0.2, 0.25) is 0 Å². The van der Waals surface area contributed by atoms with Gasteiger partial charge in [-0.1, -0.05) is 188 Å². The van der Waals surface area contributed by atoms with Crippen molar-refractivity contribution in [3.05, 3.63) is 309 Å². The lowest BCUT2D eigenvalue weighted by Gasteiger charge is -2.25. The zero-order chi connectivity index (χ0) is 54.3. The van der Waals surface area contributed by atoms with E-state index in [1.165, 1.54) is 5.56 Å². The standard InChI is InChI=1S/C75H51N7/c1-6-23-52(24-7-1)53-25-20-26-54(47-53)55-27-21-28-56(48-55)73-76-74(78-75(77-73)82-70-42-19-17-40-66(70)68-51-64(44-46-72(68)82)80(60-34-12-4-13-35-60)61-36-14-5-15-37-61)57-29-22-38-62(49-57)81-69-41-18-16-39-65(69)67-50-63(43-45-71(67)81)79(58-30-8-2-9-31-58)59-32-10-3-11-33-59/h1-51H. The first-order valence-corrected chi connectivity index (χ1v) is 27.7. The van der Waals surface area contributed by atoms with Crippen LogP contribution in [0.3, 0.4) is 0 Å². The maximum absolute atomic E-state index is 5.50. The van der Waals surface area contributed by atoms with Gasteiger partial charge in [0.15, 0.2) is 11.6 Å². The molecule has 3 aromatic heterocycles. The number of rotatable bonds is 12. The highest BCUT2D eigenvalue weighted by Crippen LogP contribution is 2.42. The number of para-hydroxylation sites is 6. The highest BCUT2D eigenvalue weighted by atomic mass is 15.2. The van der Waals surface area contributed by atoms with Crippen molar-refractivity contribution in [1.29, 1.82) is 0 Å². The van der Waals surface area contributed by atoms with Crippen LogP contribution in [0.1, 0.15) is 0 Å². The summed E-state index contributed by atoms with van der Waals surface area (Å²) in [7, 11) is 0. The number of anilines is 6. The Bertz CT molecular complexity index is 4730. The Morgan fingerprint density at radius 1 is 0.220 bits per heavy atom. The quantitative estimate of drug-likeness (QED) is 0.122. The molecular formula is C75H51N7. The largest absolute Gasteiger partial charge is 0.310 e. The highest BCUT2D eigenvalue weighted by molar-refractivity contribution is 6.12. The molecule has 0 aliphatic rings. The van der Waals surface area contributed by atoms with E-state index in [9.17, 15) is 0 Å². The van der Waals surface area contributed by atoms with Gasteiger partial charge in [-0.2, -0.15) is 9.97 Å². The fourth-order valence-corrected chi connectivity index (χ4v) is 11.8. The van der Waals surface area contributed by atoms with Crippen molar-refractivity contribution in [2.24, 2.45) is 0 Å². The molecule has 0 bridgehead atoms. The summed E-state index contributed by atoms with van der Waals surface area (Å²) < 4.78 is 4.57. The van der Waals surface area contributed by atoms with Gasteiger partial charge in [0.05, 0.1) is 22.1 Å². The van der Waals surface area contributed by atoms with Crippen molar-refractivity contribution >= 4 is 77.7 Å². The summed E-state index contributed by atoms with van der Waals surface area (Å²) in [5, 5.41) is 4.49. The molecule has 15 rings (SSSR count).